The second kappa shape index (κ2) is 16.7. The Morgan fingerprint density at radius 2 is 1.71 bits per heavy atom. The van der Waals surface area contributed by atoms with E-state index in [4.69, 9.17) is 9.47 Å². The Balaban J connectivity index is 1.06. The van der Waals surface area contributed by atoms with E-state index in [2.05, 4.69) is 15.3 Å². The van der Waals surface area contributed by atoms with Gasteiger partial charge in [-0.3, -0.25) is 14.4 Å². The predicted molar refractivity (Wildman–Crippen MR) is 202 cm³/mol. The molecule has 0 radical (unpaired) electrons. The largest absolute Gasteiger partial charge is 0.478 e. The molecule has 3 fully saturated rings. The number of likely N-dealkylation sites (tertiary alicyclic amines) is 1. The molecule has 17 heteroatoms. The molecule has 2 aromatic carbocycles. The van der Waals surface area contributed by atoms with Crippen LogP contribution in [0.2, 0.25) is 0 Å². The quantitative estimate of drug-likeness (QED) is 0.205. The van der Waals surface area contributed by atoms with E-state index in [0.717, 1.165) is 17.7 Å². The first-order valence-corrected chi connectivity index (χ1v) is 19.9. The highest BCUT2D eigenvalue weighted by Crippen LogP contribution is 2.37. The first-order chi connectivity index (χ1) is 28.3. The Morgan fingerprint density at radius 3 is 2.49 bits per heavy atom. The van der Waals surface area contributed by atoms with Gasteiger partial charge in [-0.05, 0) is 48.4 Å². The SMILES string of the molecule is O=C(C[C@@H]1CCN2C[C@@H]1CCOc1cc(C(F)(F)F)cc(n1)-c1cccc(c1)C(=O)N1C[C@H](OCc3cn(Cc4ccccc4)nn3)C[C@H]1C2=O)N1CCC(F)(F)CC1. The zero-order valence-electron chi connectivity index (χ0n) is 32.2. The van der Waals surface area contributed by atoms with E-state index in [1.165, 1.54) is 15.9 Å². The Kier molecular flexibility index (Phi) is 11.4. The molecule has 0 aliphatic carbocycles. The van der Waals surface area contributed by atoms with Gasteiger partial charge in [0.25, 0.3) is 11.8 Å². The number of ether oxygens (including phenoxy) is 2. The molecule has 4 atom stereocenters. The van der Waals surface area contributed by atoms with Gasteiger partial charge in [0.15, 0.2) is 0 Å². The zero-order chi connectivity index (χ0) is 41.3. The monoisotopic (exact) mass is 821 g/mol. The van der Waals surface area contributed by atoms with E-state index < -0.39 is 48.6 Å². The topological polar surface area (TPSA) is 123 Å². The van der Waals surface area contributed by atoms with Gasteiger partial charge >= 0.3 is 6.18 Å². The molecule has 6 bridgehead atoms. The van der Waals surface area contributed by atoms with Gasteiger partial charge in [0, 0.05) is 75.6 Å². The highest BCUT2D eigenvalue weighted by molar-refractivity contribution is 5.99. The lowest BCUT2D eigenvalue weighted by molar-refractivity contribution is -0.141. The van der Waals surface area contributed by atoms with Crippen LogP contribution < -0.4 is 4.74 Å². The fourth-order valence-electron chi connectivity index (χ4n) is 8.54. The van der Waals surface area contributed by atoms with Crippen molar-refractivity contribution >= 4 is 17.7 Å². The summed E-state index contributed by atoms with van der Waals surface area (Å²) in [6.07, 6.45) is -3.37. The minimum absolute atomic E-state index is 0.0495. The molecule has 4 aliphatic rings. The summed E-state index contributed by atoms with van der Waals surface area (Å²) in [5.74, 6) is -4.69. The second-order valence-corrected chi connectivity index (χ2v) is 15.9. The van der Waals surface area contributed by atoms with Crippen molar-refractivity contribution < 1.29 is 45.8 Å². The normalized spacial score (nSPS) is 23.5. The molecular weight excluding hydrogens is 777 g/mol. The molecule has 0 saturated carbocycles. The molecule has 4 aliphatic heterocycles. The summed E-state index contributed by atoms with van der Waals surface area (Å²) < 4.78 is 84.1. The lowest BCUT2D eigenvalue weighted by Crippen LogP contribution is -2.52. The van der Waals surface area contributed by atoms with Gasteiger partial charge in [0.05, 0.1) is 43.3 Å². The van der Waals surface area contributed by atoms with Crippen LogP contribution in [0.5, 0.6) is 5.88 Å². The Morgan fingerprint density at radius 1 is 0.932 bits per heavy atom. The first-order valence-electron chi connectivity index (χ1n) is 19.9. The van der Waals surface area contributed by atoms with Crippen molar-refractivity contribution in [1.29, 1.82) is 0 Å². The summed E-state index contributed by atoms with van der Waals surface area (Å²) in [7, 11) is 0. The molecule has 12 nitrogen and oxygen atoms in total. The number of hydrogen-bond acceptors (Lipinski definition) is 8. The fraction of sp³-hybridized carbons (Fsp3) is 0.476. The number of nitrogens with zero attached hydrogens (tertiary/aromatic N) is 7. The standard InChI is InChI=1S/C42H44F5N7O5/c43-41(44)11-14-51(15-12-41)38(55)18-28-9-13-52-23-31(28)10-16-58-37-20-32(42(45,46)47)19-35(48-37)29-7-4-8-30(17-29)39(56)54-25-34(21-36(54)40(52)57)59-26-33-24-53(50-49-33)22-27-5-2-1-3-6-27/h1-8,17,19-20,24,28,31,34,36H,9-16,18,21-23,25-26H2/t28-,31-,34+,36-/m0/s1. The van der Waals surface area contributed by atoms with E-state index in [0.29, 0.717) is 18.7 Å². The number of carbonyl (C=O) groups is 3. The summed E-state index contributed by atoms with van der Waals surface area (Å²) in [6, 6.07) is 16.7. The third kappa shape index (κ3) is 9.40. The summed E-state index contributed by atoms with van der Waals surface area (Å²) in [5.41, 5.74) is 1.00. The molecule has 0 N–H and O–H groups in total. The Hall–Kier alpha value is -5.45. The highest BCUT2D eigenvalue weighted by atomic mass is 19.4. The second-order valence-electron chi connectivity index (χ2n) is 15.9. The van der Waals surface area contributed by atoms with Gasteiger partial charge in [-0.2, -0.15) is 13.2 Å². The Bertz CT molecular complexity index is 2160. The lowest BCUT2D eigenvalue weighted by atomic mass is 9.80. The summed E-state index contributed by atoms with van der Waals surface area (Å²) >= 11 is 0. The lowest BCUT2D eigenvalue weighted by Gasteiger charge is -2.41. The number of piperidine rings is 2. The van der Waals surface area contributed by atoms with Crippen molar-refractivity contribution in [2.24, 2.45) is 11.8 Å². The van der Waals surface area contributed by atoms with Crippen LogP contribution >= 0.6 is 0 Å². The zero-order valence-corrected chi connectivity index (χ0v) is 32.2. The van der Waals surface area contributed by atoms with Crippen LogP contribution in [0.3, 0.4) is 0 Å². The van der Waals surface area contributed by atoms with Crippen LogP contribution in [-0.4, -0.2) is 110 Å². The maximum Gasteiger partial charge on any atom is 0.416 e. The molecule has 6 heterocycles. The van der Waals surface area contributed by atoms with Crippen molar-refractivity contribution in [2.75, 3.05) is 39.3 Å². The molecule has 59 heavy (non-hydrogen) atoms. The van der Waals surface area contributed by atoms with Crippen LogP contribution in [-0.2, 0) is 33.7 Å². The van der Waals surface area contributed by atoms with Crippen LogP contribution in [0.1, 0.15) is 65.7 Å². The van der Waals surface area contributed by atoms with Gasteiger partial charge in [0.1, 0.15) is 11.7 Å². The third-order valence-electron chi connectivity index (χ3n) is 11.8. The van der Waals surface area contributed by atoms with Crippen molar-refractivity contribution in [3.8, 4) is 17.1 Å². The summed E-state index contributed by atoms with van der Waals surface area (Å²) in [6.45, 7) is 0.992. The number of aromatic nitrogens is 4. The molecule has 3 saturated heterocycles. The van der Waals surface area contributed by atoms with Crippen molar-refractivity contribution in [3.63, 3.8) is 0 Å². The molecule has 2 aromatic heterocycles. The number of hydrogen-bond donors (Lipinski definition) is 0. The number of amides is 3. The minimum atomic E-state index is -4.72. The summed E-state index contributed by atoms with van der Waals surface area (Å²) in [4.78, 5) is 51.3. The van der Waals surface area contributed by atoms with Gasteiger partial charge in [-0.25, -0.2) is 18.4 Å². The molecule has 0 unspecified atom stereocenters. The summed E-state index contributed by atoms with van der Waals surface area (Å²) in [5, 5.41) is 8.45. The molecular formula is C42H44F5N7O5. The smallest absolute Gasteiger partial charge is 0.416 e. The first kappa shape index (κ1) is 40.3. The maximum absolute atomic E-state index is 14.6. The number of fused-ring (bicyclic) bond motifs is 8. The fourth-order valence-corrected chi connectivity index (χ4v) is 8.54. The molecule has 4 aromatic rings. The van der Waals surface area contributed by atoms with E-state index in [1.807, 2.05) is 30.3 Å². The van der Waals surface area contributed by atoms with Crippen molar-refractivity contribution in [1.82, 2.24) is 34.7 Å². The van der Waals surface area contributed by atoms with Crippen LogP contribution in [0.4, 0.5) is 22.0 Å². The van der Waals surface area contributed by atoms with E-state index in [9.17, 15) is 36.3 Å². The number of rotatable bonds is 7. The number of pyridine rings is 1. The average molecular weight is 822 g/mol. The molecule has 3 amide bonds. The molecule has 8 rings (SSSR count). The number of carbonyl (C=O) groups excluding carboxylic acids is 3. The van der Waals surface area contributed by atoms with Crippen LogP contribution in [0.15, 0.2) is 72.9 Å². The van der Waals surface area contributed by atoms with E-state index >= 15 is 0 Å². The highest BCUT2D eigenvalue weighted by Gasteiger charge is 2.45. The van der Waals surface area contributed by atoms with E-state index in [-0.39, 0.29) is 112 Å². The number of alkyl halides is 5. The van der Waals surface area contributed by atoms with Crippen molar-refractivity contribution in [3.05, 3.63) is 95.3 Å². The number of benzene rings is 2. The average Bonchev–Trinajstić information content (AvgIpc) is 3.86. The minimum Gasteiger partial charge on any atom is -0.478 e. The van der Waals surface area contributed by atoms with Crippen LogP contribution in [0.25, 0.3) is 11.3 Å². The maximum atomic E-state index is 14.6. The van der Waals surface area contributed by atoms with Crippen LogP contribution in [0, 0.1) is 11.8 Å². The predicted octanol–water partition coefficient (Wildman–Crippen LogP) is 6.10. The Labute approximate surface area is 337 Å². The van der Waals surface area contributed by atoms with Gasteiger partial charge < -0.3 is 24.2 Å². The van der Waals surface area contributed by atoms with Gasteiger partial charge in [-0.15, -0.1) is 5.10 Å². The molecule has 0 spiro atoms. The van der Waals surface area contributed by atoms with Crippen molar-refractivity contribution in [2.45, 2.75) is 75.9 Å². The molecule has 312 valence electrons. The van der Waals surface area contributed by atoms with Gasteiger partial charge in [-0.1, -0.05) is 47.7 Å². The number of halogens is 5. The van der Waals surface area contributed by atoms with E-state index in [1.54, 1.807) is 34.0 Å². The third-order valence-corrected chi connectivity index (χ3v) is 11.8. The van der Waals surface area contributed by atoms with Gasteiger partial charge in [0.2, 0.25) is 17.7 Å².